The number of rotatable bonds is 6. The summed E-state index contributed by atoms with van der Waals surface area (Å²) in [7, 11) is 5.52. The molecule has 0 rings (SSSR count). The van der Waals surface area contributed by atoms with Gasteiger partial charge in [-0.25, -0.2) is 0 Å². The van der Waals surface area contributed by atoms with Crippen molar-refractivity contribution >= 4 is 0 Å². The van der Waals surface area contributed by atoms with Crippen LogP contribution in [0, 0.1) is 5.92 Å². The summed E-state index contributed by atoms with van der Waals surface area (Å²) in [6.07, 6.45) is 0.872. The van der Waals surface area contributed by atoms with Gasteiger partial charge in [0.2, 0.25) is 6.41 Å². The molecule has 0 amide bonds. The van der Waals surface area contributed by atoms with Gasteiger partial charge in [0, 0.05) is 7.11 Å². The van der Waals surface area contributed by atoms with E-state index in [1.54, 1.807) is 7.11 Å². The first-order valence-corrected chi connectivity index (χ1v) is 4.38. The fourth-order valence-electron chi connectivity index (χ4n) is 0.832. The lowest BCUT2D eigenvalue weighted by Crippen LogP contribution is -2.32. The molecule has 0 radical (unpaired) electrons. The molecule has 0 spiro atoms. The van der Waals surface area contributed by atoms with Crippen LogP contribution in [0.2, 0.25) is 0 Å². The monoisotopic (exact) mass is 175 g/mol. The summed E-state index contributed by atoms with van der Waals surface area (Å²) in [5.74, 6) is 0.685. The average Bonchev–Trinajstić information content (AvgIpc) is 1.96. The Morgan fingerprint density at radius 1 is 1.25 bits per heavy atom. The predicted molar refractivity (Wildman–Crippen MR) is 49.9 cm³/mol. The second-order valence-electron chi connectivity index (χ2n) is 3.56. The Bertz CT molecular complexity index is 105. The summed E-state index contributed by atoms with van der Waals surface area (Å²) < 4.78 is 10.6. The Labute approximate surface area is 75.6 Å². The minimum absolute atomic E-state index is 0.205. The van der Waals surface area contributed by atoms with Crippen molar-refractivity contribution in [2.75, 3.05) is 27.8 Å². The van der Waals surface area contributed by atoms with Crippen LogP contribution in [0.5, 0.6) is 0 Å². The molecule has 3 nitrogen and oxygen atoms in total. The summed E-state index contributed by atoms with van der Waals surface area (Å²) in [6.45, 7) is 5.12. The summed E-state index contributed by atoms with van der Waals surface area (Å²) in [4.78, 5) is 1.90. The summed E-state index contributed by atoms with van der Waals surface area (Å²) >= 11 is 0. The molecule has 1 unspecified atom stereocenters. The molecule has 0 saturated carbocycles. The maximum absolute atomic E-state index is 5.47. The third kappa shape index (κ3) is 5.52. The Morgan fingerprint density at radius 2 is 1.83 bits per heavy atom. The normalized spacial score (nSPS) is 14.2. The molecule has 0 aromatic carbocycles. The van der Waals surface area contributed by atoms with E-state index in [4.69, 9.17) is 9.47 Å². The number of ether oxygens (including phenoxy) is 2. The van der Waals surface area contributed by atoms with Crippen LogP contribution in [0.3, 0.4) is 0 Å². The number of hydrogen-bond acceptors (Lipinski definition) is 3. The van der Waals surface area contributed by atoms with Gasteiger partial charge in [-0.2, -0.15) is 0 Å². The van der Waals surface area contributed by atoms with Crippen molar-refractivity contribution in [3.8, 4) is 0 Å². The smallest absolute Gasteiger partial charge is 0.217 e. The van der Waals surface area contributed by atoms with E-state index in [0.29, 0.717) is 5.92 Å². The quantitative estimate of drug-likeness (QED) is 0.572. The van der Waals surface area contributed by atoms with E-state index in [1.807, 2.05) is 19.0 Å². The first kappa shape index (κ1) is 11.9. The van der Waals surface area contributed by atoms with Crippen molar-refractivity contribution in [1.29, 1.82) is 0 Å². The van der Waals surface area contributed by atoms with Crippen LogP contribution in [0.4, 0.5) is 0 Å². The molecule has 1 atom stereocenters. The fraction of sp³-hybridized carbons (Fsp3) is 1.00. The van der Waals surface area contributed by atoms with E-state index in [2.05, 4.69) is 13.8 Å². The van der Waals surface area contributed by atoms with Crippen LogP contribution in [-0.4, -0.2) is 39.1 Å². The van der Waals surface area contributed by atoms with Gasteiger partial charge in [-0.1, -0.05) is 13.8 Å². The maximum atomic E-state index is 5.47. The van der Waals surface area contributed by atoms with Gasteiger partial charge >= 0.3 is 0 Å². The van der Waals surface area contributed by atoms with E-state index in [0.717, 1.165) is 13.0 Å². The van der Waals surface area contributed by atoms with Crippen molar-refractivity contribution in [2.24, 2.45) is 5.92 Å². The minimum Gasteiger partial charge on any atom is -0.343 e. The number of hydrogen-bond donors (Lipinski definition) is 0. The Kier molecular flexibility index (Phi) is 6.34. The van der Waals surface area contributed by atoms with Crippen LogP contribution < -0.4 is 0 Å². The Balaban J connectivity index is 3.45. The molecule has 74 valence electrons. The first-order valence-electron chi connectivity index (χ1n) is 4.38. The molecule has 0 aromatic rings. The molecule has 0 fully saturated rings. The van der Waals surface area contributed by atoms with Gasteiger partial charge in [0.15, 0.2) is 0 Å². The van der Waals surface area contributed by atoms with Crippen molar-refractivity contribution < 1.29 is 9.47 Å². The standard InChI is InChI=1S/C9H21NO2/c1-8(2)6-7-12-9(11-5)10(3)4/h8-9H,6-7H2,1-5H3. The van der Waals surface area contributed by atoms with Gasteiger partial charge in [0.05, 0.1) is 6.61 Å². The van der Waals surface area contributed by atoms with Crippen LogP contribution in [0.25, 0.3) is 0 Å². The molecule has 0 aliphatic carbocycles. The fourth-order valence-corrected chi connectivity index (χ4v) is 0.832. The highest BCUT2D eigenvalue weighted by atomic mass is 16.7. The largest absolute Gasteiger partial charge is 0.343 e. The molecule has 0 bridgehead atoms. The molecule has 0 aliphatic heterocycles. The third-order valence-electron chi connectivity index (χ3n) is 1.58. The highest BCUT2D eigenvalue weighted by Gasteiger charge is 2.09. The van der Waals surface area contributed by atoms with Crippen LogP contribution in [0.1, 0.15) is 20.3 Å². The summed E-state index contributed by atoms with van der Waals surface area (Å²) in [5.41, 5.74) is 0. The van der Waals surface area contributed by atoms with Crippen molar-refractivity contribution in [3.63, 3.8) is 0 Å². The average molecular weight is 175 g/mol. The predicted octanol–water partition coefficient (Wildman–Crippen LogP) is 1.54. The molecule has 0 aliphatic rings. The first-order chi connectivity index (χ1) is 5.57. The lowest BCUT2D eigenvalue weighted by Gasteiger charge is -2.22. The third-order valence-corrected chi connectivity index (χ3v) is 1.58. The lowest BCUT2D eigenvalue weighted by atomic mass is 10.1. The Morgan fingerprint density at radius 3 is 2.17 bits per heavy atom. The van der Waals surface area contributed by atoms with E-state index in [-0.39, 0.29) is 6.41 Å². The zero-order chi connectivity index (χ0) is 9.56. The highest BCUT2D eigenvalue weighted by molar-refractivity contribution is 4.44. The van der Waals surface area contributed by atoms with E-state index in [1.165, 1.54) is 0 Å². The second-order valence-corrected chi connectivity index (χ2v) is 3.56. The minimum atomic E-state index is -0.205. The van der Waals surface area contributed by atoms with Crippen LogP contribution >= 0.6 is 0 Å². The van der Waals surface area contributed by atoms with Gasteiger partial charge < -0.3 is 9.47 Å². The van der Waals surface area contributed by atoms with Gasteiger partial charge in [-0.05, 0) is 26.4 Å². The zero-order valence-corrected chi connectivity index (χ0v) is 8.83. The molecule has 3 heteroatoms. The van der Waals surface area contributed by atoms with Crippen molar-refractivity contribution in [3.05, 3.63) is 0 Å². The van der Waals surface area contributed by atoms with Crippen LogP contribution in [0.15, 0.2) is 0 Å². The van der Waals surface area contributed by atoms with Gasteiger partial charge in [-0.3, -0.25) is 4.90 Å². The summed E-state index contributed by atoms with van der Waals surface area (Å²) in [6, 6.07) is 0. The molecule has 0 saturated heterocycles. The zero-order valence-electron chi connectivity index (χ0n) is 8.83. The summed E-state index contributed by atoms with van der Waals surface area (Å²) in [5, 5.41) is 0. The van der Waals surface area contributed by atoms with E-state index in [9.17, 15) is 0 Å². The SMILES string of the molecule is COC(OCCC(C)C)N(C)C. The Hall–Kier alpha value is -0.120. The maximum Gasteiger partial charge on any atom is 0.217 e. The number of methoxy groups -OCH3 is 1. The molecule has 0 aromatic heterocycles. The topological polar surface area (TPSA) is 21.7 Å². The van der Waals surface area contributed by atoms with Crippen LogP contribution in [-0.2, 0) is 9.47 Å². The molecular formula is C9H21NO2. The molecule has 0 N–H and O–H groups in total. The number of nitrogens with zero attached hydrogens (tertiary/aromatic N) is 1. The second kappa shape index (κ2) is 6.40. The molecular weight excluding hydrogens is 154 g/mol. The van der Waals surface area contributed by atoms with Crippen molar-refractivity contribution in [1.82, 2.24) is 4.90 Å². The molecule has 12 heavy (non-hydrogen) atoms. The molecule has 0 heterocycles. The van der Waals surface area contributed by atoms with Crippen molar-refractivity contribution in [2.45, 2.75) is 26.7 Å². The van der Waals surface area contributed by atoms with E-state index < -0.39 is 0 Å². The van der Waals surface area contributed by atoms with E-state index >= 15 is 0 Å². The van der Waals surface area contributed by atoms with Gasteiger partial charge in [-0.15, -0.1) is 0 Å². The highest BCUT2D eigenvalue weighted by Crippen LogP contribution is 2.03. The lowest BCUT2D eigenvalue weighted by molar-refractivity contribution is -0.197. The van der Waals surface area contributed by atoms with Gasteiger partial charge in [0.25, 0.3) is 0 Å². The van der Waals surface area contributed by atoms with Gasteiger partial charge in [0.1, 0.15) is 0 Å².